The van der Waals surface area contributed by atoms with E-state index >= 15 is 0 Å². The molecule has 158 valence electrons. The van der Waals surface area contributed by atoms with E-state index in [2.05, 4.69) is 24.9 Å². The molecule has 0 bridgehead atoms. The quantitative estimate of drug-likeness (QED) is 0.614. The molecule has 0 spiro atoms. The first-order valence-electron chi connectivity index (χ1n) is 9.38. The lowest BCUT2D eigenvalue weighted by atomic mass is 9.84. The molecule has 0 aliphatic heterocycles. The van der Waals surface area contributed by atoms with Gasteiger partial charge in [-0.25, -0.2) is 27.2 Å². The molecular formula is C19H19F2N5O3S. The Bertz CT molecular complexity index is 1110. The van der Waals surface area contributed by atoms with Crippen LogP contribution in [0.3, 0.4) is 0 Å². The Kier molecular flexibility index (Phi) is 5.62. The largest absolute Gasteiger partial charge is 0.487 e. The number of nitrogens with zero attached hydrogens (tertiary/aromatic N) is 3. The predicted octanol–water partition coefficient (Wildman–Crippen LogP) is 3.38. The van der Waals surface area contributed by atoms with Crippen molar-refractivity contribution >= 4 is 15.8 Å². The second-order valence-corrected chi connectivity index (χ2v) is 8.62. The summed E-state index contributed by atoms with van der Waals surface area (Å²) in [7, 11) is -4.39. The minimum atomic E-state index is -4.39. The van der Waals surface area contributed by atoms with Gasteiger partial charge < -0.3 is 4.74 Å². The Morgan fingerprint density at radius 1 is 1.10 bits per heavy atom. The summed E-state index contributed by atoms with van der Waals surface area (Å²) in [5.74, 6) is -2.51. The number of nitrogens with one attached hydrogen (secondary N) is 2. The number of sulfonamides is 1. The highest BCUT2D eigenvalue weighted by atomic mass is 32.2. The number of aromatic nitrogens is 4. The van der Waals surface area contributed by atoms with Gasteiger partial charge >= 0.3 is 0 Å². The Hall–Kier alpha value is -3.08. The fraction of sp³-hybridized carbons (Fsp3) is 0.316. The summed E-state index contributed by atoms with van der Waals surface area (Å²) in [4.78, 5) is 6.55. The molecular weight excluding hydrogens is 416 g/mol. The molecule has 0 saturated heterocycles. The van der Waals surface area contributed by atoms with Crippen LogP contribution in [-0.2, 0) is 10.0 Å². The number of ether oxygens (including phenoxy) is 1. The zero-order valence-corrected chi connectivity index (χ0v) is 16.6. The molecule has 2 N–H and O–H groups in total. The van der Waals surface area contributed by atoms with Crippen molar-refractivity contribution in [3.63, 3.8) is 0 Å². The summed E-state index contributed by atoms with van der Waals surface area (Å²) >= 11 is 0. The van der Waals surface area contributed by atoms with Crippen molar-refractivity contribution in [2.24, 2.45) is 0 Å². The Morgan fingerprint density at radius 2 is 1.93 bits per heavy atom. The minimum Gasteiger partial charge on any atom is -0.487 e. The normalized spacial score (nSPS) is 19.4. The van der Waals surface area contributed by atoms with Crippen molar-refractivity contribution in [3.8, 4) is 5.75 Å². The van der Waals surface area contributed by atoms with Gasteiger partial charge in [-0.05, 0) is 31.4 Å². The summed E-state index contributed by atoms with van der Waals surface area (Å²) in [6, 6.07) is 4.50. The molecule has 2 atom stereocenters. The van der Waals surface area contributed by atoms with Gasteiger partial charge in [0.05, 0.1) is 0 Å². The Morgan fingerprint density at radius 3 is 2.67 bits per heavy atom. The average Bonchev–Trinajstić information content (AvgIpc) is 3.26. The van der Waals surface area contributed by atoms with Gasteiger partial charge in [0.15, 0.2) is 11.6 Å². The van der Waals surface area contributed by atoms with E-state index in [4.69, 9.17) is 4.74 Å². The number of halogens is 2. The van der Waals surface area contributed by atoms with Crippen molar-refractivity contribution in [1.29, 1.82) is 0 Å². The van der Waals surface area contributed by atoms with Crippen LogP contribution in [-0.4, -0.2) is 34.7 Å². The van der Waals surface area contributed by atoms with Crippen molar-refractivity contribution < 1.29 is 21.9 Å². The number of hydrogen-bond acceptors (Lipinski definition) is 6. The van der Waals surface area contributed by atoms with E-state index in [9.17, 15) is 17.2 Å². The topological polar surface area (TPSA) is 110 Å². The Labute approximate surface area is 171 Å². The molecule has 0 amide bonds. The molecule has 2 heterocycles. The van der Waals surface area contributed by atoms with E-state index in [0.717, 1.165) is 37.4 Å². The van der Waals surface area contributed by atoms with Gasteiger partial charge in [0.25, 0.3) is 10.0 Å². The van der Waals surface area contributed by atoms with Crippen molar-refractivity contribution in [2.75, 3.05) is 4.72 Å². The zero-order valence-electron chi connectivity index (χ0n) is 15.8. The number of benzene rings is 1. The van der Waals surface area contributed by atoms with Crippen molar-refractivity contribution in [2.45, 2.75) is 42.6 Å². The summed E-state index contributed by atoms with van der Waals surface area (Å²) < 4.78 is 62.1. The average molecular weight is 435 g/mol. The van der Waals surface area contributed by atoms with Crippen LogP contribution in [0.25, 0.3) is 0 Å². The van der Waals surface area contributed by atoms with Gasteiger partial charge in [0.2, 0.25) is 0 Å². The second-order valence-electron chi connectivity index (χ2n) is 6.97. The van der Waals surface area contributed by atoms with E-state index in [1.807, 2.05) is 6.07 Å². The van der Waals surface area contributed by atoms with Crippen LogP contribution in [0.2, 0.25) is 0 Å². The van der Waals surface area contributed by atoms with Gasteiger partial charge in [-0.2, -0.15) is 5.10 Å². The van der Waals surface area contributed by atoms with Crippen LogP contribution in [0.5, 0.6) is 5.75 Å². The fourth-order valence-corrected chi connectivity index (χ4v) is 4.66. The summed E-state index contributed by atoms with van der Waals surface area (Å²) in [6.45, 7) is 0. The third-order valence-electron chi connectivity index (χ3n) is 5.00. The summed E-state index contributed by atoms with van der Waals surface area (Å²) in [5.41, 5.74) is 0.869. The lowest BCUT2D eigenvalue weighted by Crippen LogP contribution is -2.29. The summed E-state index contributed by atoms with van der Waals surface area (Å²) in [5, 5.41) is 6.85. The van der Waals surface area contributed by atoms with Crippen LogP contribution in [0, 0.1) is 11.6 Å². The maximum atomic E-state index is 14.7. The van der Waals surface area contributed by atoms with E-state index in [0.29, 0.717) is 12.5 Å². The summed E-state index contributed by atoms with van der Waals surface area (Å²) in [6.07, 6.45) is 7.08. The first-order valence-corrected chi connectivity index (χ1v) is 10.9. The molecule has 4 rings (SSSR count). The molecule has 30 heavy (non-hydrogen) atoms. The highest BCUT2D eigenvalue weighted by Crippen LogP contribution is 2.36. The molecule has 0 unspecified atom stereocenters. The molecule has 0 radical (unpaired) electrons. The number of aromatic amines is 1. The third-order valence-corrected chi connectivity index (χ3v) is 6.37. The van der Waals surface area contributed by atoms with Gasteiger partial charge in [-0.1, -0.05) is 6.42 Å². The highest BCUT2D eigenvalue weighted by Gasteiger charge is 2.31. The maximum Gasteiger partial charge on any atom is 0.266 e. The molecule has 2 aromatic heterocycles. The first kappa shape index (κ1) is 20.2. The van der Waals surface area contributed by atoms with E-state index in [1.165, 1.54) is 12.3 Å². The molecule has 8 nitrogen and oxygen atoms in total. The number of H-pyrrole nitrogens is 1. The second kappa shape index (κ2) is 8.34. The molecule has 1 saturated carbocycles. The first-order chi connectivity index (χ1) is 14.4. The van der Waals surface area contributed by atoms with E-state index in [1.54, 1.807) is 6.20 Å². The molecule has 1 aliphatic rings. The van der Waals surface area contributed by atoms with Gasteiger partial charge in [0, 0.05) is 36.1 Å². The highest BCUT2D eigenvalue weighted by molar-refractivity contribution is 7.92. The van der Waals surface area contributed by atoms with E-state index in [-0.39, 0.29) is 23.6 Å². The molecule has 11 heteroatoms. The Balaban J connectivity index is 1.58. The predicted molar refractivity (Wildman–Crippen MR) is 103 cm³/mol. The van der Waals surface area contributed by atoms with Gasteiger partial charge in [0.1, 0.15) is 29.0 Å². The van der Waals surface area contributed by atoms with Gasteiger partial charge in [-0.3, -0.25) is 9.82 Å². The standard InChI is InChI=1S/C19H19F2N5O3S/c20-13-10-18(30(27,28)26-19-6-7-22-11-23-19)14(21)9-17(13)29-16-4-2-1-3-12(16)15-5-8-24-25-15/h5-12,16H,1-4H2,(H,24,25)(H,22,23,26)/t12-,16+/m1/s1. The van der Waals surface area contributed by atoms with Gasteiger partial charge in [-0.15, -0.1) is 0 Å². The van der Waals surface area contributed by atoms with Crippen LogP contribution >= 0.6 is 0 Å². The third kappa shape index (κ3) is 4.25. The molecule has 1 fully saturated rings. The lowest BCUT2D eigenvalue weighted by molar-refractivity contribution is 0.122. The van der Waals surface area contributed by atoms with Crippen LogP contribution in [0.15, 0.2) is 47.9 Å². The monoisotopic (exact) mass is 435 g/mol. The van der Waals surface area contributed by atoms with Crippen LogP contribution < -0.4 is 9.46 Å². The fourth-order valence-electron chi connectivity index (χ4n) is 3.58. The van der Waals surface area contributed by atoms with Crippen LogP contribution in [0.1, 0.15) is 37.3 Å². The molecule has 1 aliphatic carbocycles. The molecule has 1 aromatic carbocycles. The number of hydrogen-bond donors (Lipinski definition) is 2. The van der Waals surface area contributed by atoms with E-state index < -0.39 is 26.6 Å². The number of anilines is 1. The SMILES string of the molecule is O=S(=O)(Nc1ccncn1)c1cc(F)c(O[C@H]2CCCC[C@@H]2c2ccn[nH]2)cc1F. The minimum absolute atomic E-state index is 0.0356. The smallest absolute Gasteiger partial charge is 0.266 e. The molecule has 3 aromatic rings. The van der Waals surface area contributed by atoms with Crippen molar-refractivity contribution in [1.82, 2.24) is 20.2 Å². The lowest BCUT2D eigenvalue weighted by Gasteiger charge is -2.31. The number of rotatable bonds is 6. The zero-order chi connectivity index (χ0) is 21.1. The van der Waals surface area contributed by atoms with Crippen molar-refractivity contribution in [3.05, 3.63) is 60.3 Å². The van der Waals surface area contributed by atoms with Crippen LogP contribution in [0.4, 0.5) is 14.6 Å². The maximum absolute atomic E-state index is 14.7.